The minimum absolute atomic E-state index is 0.0152. The van der Waals surface area contributed by atoms with Gasteiger partial charge in [-0.3, -0.25) is 24.0 Å². The lowest BCUT2D eigenvalue weighted by atomic mass is 9.91. The van der Waals surface area contributed by atoms with Gasteiger partial charge in [-0.15, -0.1) is 0 Å². The number of unbranched alkanes of at least 4 members (excludes halogenated alkanes) is 3. The Morgan fingerprint density at radius 1 is 0.357 bits per heavy atom. The Bertz CT molecular complexity index is 3490. The number of carbonyl (C=O) groups is 7. The molecule has 0 spiro atoms. The standard InChI is InChI=1S/C102H157N5O19/c1-7-11-14-17-20-23-26-29-32-35-38-41-44-47-50-53-56-59-62-74-89(109)103-77-68-65-71-83(98(117)105-79-70-67-73-85(99(118)122-10-4)107-102(119)126-97-93(113)88(124-100(121-6)96(97)116)82-123-101-95(115)94(114)92(112)87(125-101)81-120-5)80-86(108)84(106-91(111)76-64-61-58-55-52-49-46-43-40-37-34-31-28-25-22-19-16-13-9-3)72-66-69-78-104-90(110)75-63-60-57-54-51-48-45-42-39-36-33-30-27-24-21-18-15-12-8-2/h11-16,20-25,29-34,38-43,47-52,56-61,83-85,87-88,92-97,100-101,112-116H,7-10,17-19,26-28,35-37,44-46,53-55,62-82H2,1-6H3,(H,103,109)(H,104,110)(H,105,117)(H,106,111)(H,107,119)/b14-11-,15-12-,16-13-,23-20-,24-21-,25-22-,32-29-,33-30-,34-31-,41-38-,42-39-,43-40-,50-47-,51-48-,52-49-,59-56-,60-57-,61-58-/t83-,84+,85+,87?,88?,92-,93-,94+,95?,96?,97+,100+,101+/m1/s1. The number of esters is 1. The average molecular weight is 1760 g/mol. The van der Waals surface area contributed by atoms with Crippen molar-refractivity contribution in [3.63, 3.8) is 0 Å². The largest absolute Gasteiger partial charge is 0.464 e. The van der Waals surface area contributed by atoms with E-state index in [1.54, 1.807) is 6.92 Å². The second kappa shape index (κ2) is 79.6. The predicted molar refractivity (Wildman–Crippen MR) is 504 cm³/mol. The molecule has 0 saturated carbocycles. The van der Waals surface area contributed by atoms with Gasteiger partial charge in [0.2, 0.25) is 23.6 Å². The number of carbonyl (C=O) groups excluding carboxylic acids is 7. The van der Waals surface area contributed by atoms with E-state index in [2.05, 4.69) is 236 Å². The molecule has 2 aliphatic heterocycles. The first-order valence-electron chi connectivity index (χ1n) is 46.3. The highest BCUT2D eigenvalue weighted by Crippen LogP contribution is 2.28. The zero-order valence-electron chi connectivity index (χ0n) is 76.5. The van der Waals surface area contributed by atoms with Gasteiger partial charge in [0.05, 0.1) is 25.9 Å². The molecular weight excluding hydrogens is 1600 g/mol. The van der Waals surface area contributed by atoms with E-state index in [1.807, 2.05) is 30.4 Å². The molecule has 0 aliphatic carbocycles. The zero-order valence-corrected chi connectivity index (χ0v) is 76.5. The van der Waals surface area contributed by atoms with Gasteiger partial charge >= 0.3 is 12.1 Å². The number of alkyl carbamates (subject to hydrolysis) is 1. The quantitative estimate of drug-likeness (QED) is 0.0154. The third-order valence-corrected chi connectivity index (χ3v) is 20.1. The summed E-state index contributed by atoms with van der Waals surface area (Å²) in [6.45, 7) is 8.01. The molecule has 0 aromatic heterocycles. The molecule has 10 N–H and O–H groups in total. The number of methoxy groups -OCH3 is 2. The van der Waals surface area contributed by atoms with E-state index in [-0.39, 0.29) is 88.2 Å². The Balaban J connectivity index is 2.23. The van der Waals surface area contributed by atoms with Gasteiger partial charge in [0.25, 0.3) is 0 Å². The van der Waals surface area contributed by atoms with Crippen LogP contribution >= 0.6 is 0 Å². The lowest BCUT2D eigenvalue weighted by Crippen LogP contribution is -2.62. The van der Waals surface area contributed by atoms with E-state index in [0.29, 0.717) is 77.3 Å². The van der Waals surface area contributed by atoms with Crippen LogP contribution in [0.25, 0.3) is 0 Å². The van der Waals surface area contributed by atoms with Crippen molar-refractivity contribution in [3.8, 4) is 0 Å². The Morgan fingerprint density at radius 2 is 0.706 bits per heavy atom. The van der Waals surface area contributed by atoms with Crippen LogP contribution in [-0.2, 0) is 61.9 Å². The Morgan fingerprint density at radius 3 is 1.09 bits per heavy atom. The average Bonchev–Trinajstić information content (AvgIpc) is 0.801. The summed E-state index contributed by atoms with van der Waals surface area (Å²) >= 11 is 0. The van der Waals surface area contributed by atoms with E-state index >= 15 is 0 Å². The normalized spacial score (nSPS) is 20.7. The maximum absolute atomic E-state index is 14.7. The topological polar surface area (TPSA) is 345 Å². The molecule has 2 heterocycles. The molecular formula is C102H157N5O19. The van der Waals surface area contributed by atoms with Crippen LogP contribution in [0.1, 0.15) is 246 Å². The molecule has 0 aromatic carbocycles. The van der Waals surface area contributed by atoms with Crippen molar-refractivity contribution in [1.29, 1.82) is 0 Å². The van der Waals surface area contributed by atoms with Gasteiger partial charge in [-0.2, -0.15) is 0 Å². The monoisotopic (exact) mass is 1760 g/mol. The first-order valence-corrected chi connectivity index (χ1v) is 46.3. The SMILES string of the molecule is CC/C=C\C/C=C\C/C=C\C/C=C\C/C=C\C/C=C\CCC(=O)NCCCC[C@H](CC(=O)[C@H](CCCCNC(=O)CC/C=C\C/C=C\C/C=C\C/C=C\C/C=C\C/C=C\CC)NC(=O)CC/C=C\C/C=C\C/C=C\C/C=C\C/C=C\C/C=C\CC)C(=O)NCCCC[C@H](NC(=O)O[C@@H]1C(O)[C@@H](OC)OC(CO[C@H]2OC(COC)[C@@H](O)[C@H](O)C2O)[C@H]1O)C(=O)OCC. The van der Waals surface area contributed by atoms with Gasteiger partial charge in [-0.05, 0) is 193 Å². The van der Waals surface area contributed by atoms with Gasteiger partial charge in [-0.1, -0.05) is 246 Å². The van der Waals surface area contributed by atoms with Crippen LogP contribution in [0.2, 0.25) is 0 Å². The number of Topliss-reactive ketones (excluding diaryl/α,β-unsaturated/α-hetero) is 1. The first-order chi connectivity index (χ1) is 61.5. The second-order valence-corrected chi connectivity index (χ2v) is 30.7. The van der Waals surface area contributed by atoms with Crippen molar-refractivity contribution >= 4 is 41.5 Å². The number of hydrogen-bond acceptors (Lipinski definition) is 19. The summed E-state index contributed by atoms with van der Waals surface area (Å²) in [5, 5.41) is 68.5. The third-order valence-electron chi connectivity index (χ3n) is 20.1. The highest BCUT2D eigenvalue weighted by Gasteiger charge is 2.50. The molecule has 24 heteroatoms. The van der Waals surface area contributed by atoms with Crippen LogP contribution in [-0.4, -0.2) is 194 Å². The Labute approximate surface area is 754 Å². The number of amides is 5. The molecule has 2 saturated heterocycles. The van der Waals surface area contributed by atoms with Crippen LogP contribution in [0, 0.1) is 5.92 Å². The molecule has 704 valence electrons. The van der Waals surface area contributed by atoms with Crippen molar-refractivity contribution in [2.24, 2.45) is 5.92 Å². The van der Waals surface area contributed by atoms with Crippen molar-refractivity contribution < 1.29 is 92.3 Å². The van der Waals surface area contributed by atoms with E-state index in [9.17, 15) is 59.1 Å². The number of rotatable bonds is 72. The summed E-state index contributed by atoms with van der Waals surface area (Å²) in [5.41, 5.74) is 0. The van der Waals surface area contributed by atoms with Gasteiger partial charge in [0, 0.05) is 65.5 Å². The number of aliphatic hydroxyl groups excluding tert-OH is 5. The lowest BCUT2D eigenvalue weighted by Gasteiger charge is -2.43. The maximum Gasteiger partial charge on any atom is 0.408 e. The minimum Gasteiger partial charge on any atom is -0.464 e. The van der Waals surface area contributed by atoms with Crippen molar-refractivity contribution in [3.05, 3.63) is 219 Å². The van der Waals surface area contributed by atoms with Crippen LogP contribution in [0.15, 0.2) is 219 Å². The predicted octanol–water partition coefficient (Wildman–Crippen LogP) is 16.9. The number of allylic oxidation sites excluding steroid dienone is 36. The van der Waals surface area contributed by atoms with Crippen LogP contribution < -0.4 is 26.6 Å². The summed E-state index contributed by atoms with van der Waals surface area (Å²) in [7, 11) is 2.54. The molecule has 2 rings (SSSR count). The molecule has 126 heavy (non-hydrogen) atoms. The molecule has 2 aliphatic rings. The van der Waals surface area contributed by atoms with Gasteiger partial charge in [-0.25, -0.2) is 9.59 Å². The van der Waals surface area contributed by atoms with Crippen LogP contribution in [0.4, 0.5) is 4.79 Å². The Hall–Kier alpha value is -8.79. The number of aliphatic hydroxyl groups is 5. The molecule has 2 fully saturated rings. The summed E-state index contributed by atoms with van der Waals surface area (Å²) in [6.07, 6.45) is 81.1. The zero-order chi connectivity index (χ0) is 91.8. The van der Waals surface area contributed by atoms with Crippen LogP contribution in [0.3, 0.4) is 0 Å². The van der Waals surface area contributed by atoms with Gasteiger partial charge in [0.15, 0.2) is 24.5 Å². The smallest absolute Gasteiger partial charge is 0.408 e. The number of ether oxygens (including phenoxy) is 7. The molecule has 13 atom stereocenters. The van der Waals surface area contributed by atoms with E-state index in [4.69, 9.17) is 33.2 Å². The maximum atomic E-state index is 14.7. The highest BCUT2D eigenvalue weighted by molar-refractivity contribution is 5.92. The lowest BCUT2D eigenvalue weighted by molar-refractivity contribution is -0.328. The molecule has 0 aromatic rings. The molecule has 5 amide bonds. The second-order valence-electron chi connectivity index (χ2n) is 30.7. The summed E-state index contributed by atoms with van der Waals surface area (Å²) in [6, 6.07) is -2.24. The van der Waals surface area contributed by atoms with Crippen LogP contribution in [0.5, 0.6) is 0 Å². The van der Waals surface area contributed by atoms with E-state index in [1.165, 1.54) is 14.2 Å². The first kappa shape index (κ1) is 113. The summed E-state index contributed by atoms with van der Waals surface area (Å²) in [5.74, 6) is -2.92. The Kier molecular flexibility index (Phi) is 71.6. The molecule has 4 unspecified atom stereocenters. The number of hydrogen-bond donors (Lipinski definition) is 10. The van der Waals surface area contributed by atoms with Crippen molar-refractivity contribution in [1.82, 2.24) is 26.6 Å². The summed E-state index contributed by atoms with van der Waals surface area (Å²) in [4.78, 5) is 95.9. The fourth-order valence-corrected chi connectivity index (χ4v) is 13.0. The molecule has 0 radical (unpaired) electrons. The number of ketones is 1. The number of nitrogens with one attached hydrogen (secondary N) is 5. The van der Waals surface area contributed by atoms with Crippen molar-refractivity contribution in [2.45, 2.75) is 319 Å². The fourth-order valence-electron chi connectivity index (χ4n) is 13.0. The highest BCUT2D eigenvalue weighted by atomic mass is 16.7. The summed E-state index contributed by atoms with van der Waals surface area (Å²) < 4.78 is 38.1. The fraction of sp³-hybridized carbons (Fsp3) is 0.578. The third kappa shape index (κ3) is 59.3. The van der Waals surface area contributed by atoms with Crippen molar-refractivity contribution in [2.75, 3.05) is 53.7 Å². The van der Waals surface area contributed by atoms with E-state index < -0.39 is 104 Å². The molecule has 0 bridgehead atoms. The molecule has 24 nitrogen and oxygen atoms in total. The van der Waals surface area contributed by atoms with Gasteiger partial charge in [0.1, 0.15) is 48.8 Å². The minimum atomic E-state index is -1.79. The van der Waals surface area contributed by atoms with Gasteiger partial charge < -0.3 is 85.3 Å². The van der Waals surface area contributed by atoms with E-state index in [0.717, 1.165) is 109 Å².